The summed E-state index contributed by atoms with van der Waals surface area (Å²) in [6, 6.07) is 21.1. The molecule has 1 unspecified atom stereocenters. The molecule has 3 heterocycles. The smallest absolute Gasteiger partial charge is 0.191 e. The molecule has 4 aromatic rings. The van der Waals surface area contributed by atoms with Gasteiger partial charge in [0.15, 0.2) is 5.78 Å². The Balaban J connectivity index is 1.44. The summed E-state index contributed by atoms with van der Waals surface area (Å²) in [6.45, 7) is 3.12. The third kappa shape index (κ3) is 4.02. The summed E-state index contributed by atoms with van der Waals surface area (Å²) in [7, 11) is 0. The molecular weight excluding hydrogens is 388 g/mol. The van der Waals surface area contributed by atoms with Crippen LogP contribution in [0.2, 0.25) is 0 Å². The fourth-order valence-corrected chi connectivity index (χ4v) is 3.99. The number of nitrogens with zero attached hydrogens (tertiary/aromatic N) is 2. The van der Waals surface area contributed by atoms with Gasteiger partial charge in [0.05, 0.1) is 25.1 Å². The van der Waals surface area contributed by atoms with E-state index in [9.17, 15) is 4.79 Å². The normalized spacial score (nSPS) is 15.0. The highest BCUT2D eigenvalue weighted by Crippen LogP contribution is 2.28. The van der Waals surface area contributed by atoms with Crippen LogP contribution < -0.4 is 10.2 Å². The first-order chi connectivity index (χ1) is 15.3. The molecule has 0 saturated carbocycles. The number of nitrogens with one attached hydrogen (secondary N) is 2. The van der Waals surface area contributed by atoms with Crippen LogP contribution >= 0.6 is 0 Å². The number of ether oxygens (including phenoxy) is 1. The molecule has 1 atom stereocenters. The number of H-pyrrole nitrogens is 1. The molecule has 0 aliphatic carbocycles. The minimum absolute atomic E-state index is 0.0147. The van der Waals surface area contributed by atoms with Crippen molar-refractivity contribution in [3.8, 4) is 0 Å². The standard InChI is InChI=1S/C25H24N4O2/c30-25(21-17-26-22-9-5-4-8-20(21)22)24(18-6-2-1-3-7-18)28-19-10-11-23(27-16-19)29-12-14-31-15-13-29/h1-11,16-17,24,26,28H,12-15H2. The van der Waals surface area contributed by atoms with Crippen LogP contribution in [-0.4, -0.2) is 42.1 Å². The summed E-state index contributed by atoms with van der Waals surface area (Å²) in [6.07, 6.45) is 3.59. The average molecular weight is 412 g/mol. The van der Waals surface area contributed by atoms with Crippen LogP contribution in [0, 0.1) is 0 Å². The van der Waals surface area contributed by atoms with Crippen molar-refractivity contribution < 1.29 is 9.53 Å². The van der Waals surface area contributed by atoms with E-state index in [-0.39, 0.29) is 5.78 Å². The molecule has 2 aromatic heterocycles. The van der Waals surface area contributed by atoms with Crippen LogP contribution in [0.5, 0.6) is 0 Å². The lowest BCUT2D eigenvalue weighted by atomic mass is 9.97. The number of rotatable bonds is 6. The minimum Gasteiger partial charge on any atom is -0.378 e. The highest BCUT2D eigenvalue weighted by atomic mass is 16.5. The maximum absolute atomic E-state index is 13.6. The van der Waals surface area contributed by atoms with Crippen LogP contribution in [0.1, 0.15) is 22.0 Å². The Bertz CT molecular complexity index is 1170. The van der Waals surface area contributed by atoms with Crippen molar-refractivity contribution in [1.82, 2.24) is 9.97 Å². The van der Waals surface area contributed by atoms with Crippen molar-refractivity contribution in [3.05, 3.63) is 90.3 Å². The molecule has 5 rings (SSSR count). The number of aromatic nitrogens is 2. The SMILES string of the molecule is O=C(c1c[nH]c2ccccc12)C(Nc1ccc(N2CCOCC2)nc1)c1ccccc1. The van der Waals surface area contributed by atoms with Gasteiger partial charge in [-0.2, -0.15) is 0 Å². The highest BCUT2D eigenvalue weighted by molar-refractivity contribution is 6.11. The molecule has 1 aliphatic heterocycles. The predicted octanol–water partition coefficient (Wildman–Crippen LogP) is 4.44. The van der Waals surface area contributed by atoms with Gasteiger partial charge in [-0.1, -0.05) is 48.5 Å². The van der Waals surface area contributed by atoms with E-state index in [0.717, 1.165) is 54.3 Å². The molecule has 1 fully saturated rings. The van der Waals surface area contributed by atoms with Crippen molar-refractivity contribution >= 4 is 28.2 Å². The molecule has 1 saturated heterocycles. The topological polar surface area (TPSA) is 70.2 Å². The molecule has 0 radical (unpaired) electrons. The Morgan fingerprint density at radius 3 is 2.55 bits per heavy atom. The number of fused-ring (bicyclic) bond motifs is 1. The van der Waals surface area contributed by atoms with Gasteiger partial charge in [0.25, 0.3) is 0 Å². The van der Waals surface area contributed by atoms with Crippen molar-refractivity contribution in [2.24, 2.45) is 0 Å². The van der Waals surface area contributed by atoms with E-state index < -0.39 is 6.04 Å². The maximum Gasteiger partial charge on any atom is 0.191 e. The van der Waals surface area contributed by atoms with Gasteiger partial charge in [-0.25, -0.2) is 4.98 Å². The van der Waals surface area contributed by atoms with Crippen molar-refractivity contribution in [1.29, 1.82) is 0 Å². The van der Waals surface area contributed by atoms with Crippen LogP contribution in [-0.2, 0) is 4.74 Å². The Hall–Kier alpha value is -3.64. The summed E-state index contributed by atoms with van der Waals surface area (Å²) in [5, 5.41) is 4.34. The van der Waals surface area contributed by atoms with Crippen molar-refractivity contribution in [2.45, 2.75) is 6.04 Å². The molecule has 31 heavy (non-hydrogen) atoms. The van der Waals surface area contributed by atoms with E-state index in [0.29, 0.717) is 5.56 Å². The van der Waals surface area contributed by atoms with Gasteiger partial charge in [0, 0.05) is 35.8 Å². The predicted molar refractivity (Wildman–Crippen MR) is 123 cm³/mol. The maximum atomic E-state index is 13.6. The van der Waals surface area contributed by atoms with Gasteiger partial charge in [0.2, 0.25) is 0 Å². The fourth-order valence-electron chi connectivity index (χ4n) is 3.99. The Morgan fingerprint density at radius 2 is 1.77 bits per heavy atom. The molecule has 1 aliphatic rings. The summed E-state index contributed by atoms with van der Waals surface area (Å²) < 4.78 is 5.42. The first kappa shape index (κ1) is 19.3. The molecule has 2 N–H and O–H groups in total. The summed E-state index contributed by atoms with van der Waals surface area (Å²) in [5.41, 5.74) is 3.35. The molecule has 2 aromatic carbocycles. The number of benzene rings is 2. The van der Waals surface area contributed by atoms with Gasteiger partial charge < -0.3 is 19.9 Å². The third-order valence-electron chi connectivity index (χ3n) is 5.64. The number of anilines is 2. The zero-order chi connectivity index (χ0) is 21.0. The fraction of sp³-hybridized carbons (Fsp3) is 0.200. The second-order valence-electron chi connectivity index (χ2n) is 7.60. The van der Waals surface area contributed by atoms with E-state index in [2.05, 4.69) is 20.2 Å². The third-order valence-corrected chi connectivity index (χ3v) is 5.64. The molecule has 156 valence electrons. The summed E-state index contributed by atoms with van der Waals surface area (Å²) in [4.78, 5) is 23.6. The number of hydrogen-bond donors (Lipinski definition) is 2. The number of hydrogen-bond acceptors (Lipinski definition) is 5. The van der Waals surface area contributed by atoms with E-state index in [1.807, 2.05) is 66.7 Å². The number of para-hydroxylation sites is 1. The largest absolute Gasteiger partial charge is 0.378 e. The van der Waals surface area contributed by atoms with Gasteiger partial charge in [-0.05, 0) is 23.8 Å². The lowest BCUT2D eigenvalue weighted by Crippen LogP contribution is -2.36. The number of pyridine rings is 1. The highest BCUT2D eigenvalue weighted by Gasteiger charge is 2.24. The summed E-state index contributed by atoms with van der Waals surface area (Å²) >= 11 is 0. The Morgan fingerprint density at radius 1 is 1.00 bits per heavy atom. The Kier molecular flexibility index (Phi) is 5.37. The van der Waals surface area contributed by atoms with Crippen LogP contribution in [0.3, 0.4) is 0 Å². The Labute approximate surface area is 180 Å². The number of morpholine rings is 1. The second kappa shape index (κ2) is 8.62. The van der Waals surface area contributed by atoms with Crippen LogP contribution in [0.4, 0.5) is 11.5 Å². The van der Waals surface area contributed by atoms with Gasteiger partial charge in [0.1, 0.15) is 11.9 Å². The lowest BCUT2D eigenvalue weighted by molar-refractivity contribution is 0.0971. The number of Topliss-reactive ketones (excluding diaryl/α,β-unsaturated/α-hetero) is 1. The quantitative estimate of drug-likeness (QED) is 0.458. The minimum atomic E-state index is -0.517. The molecule has 0 bridgehead atoms. The van der Waals surface area contributed by atoms with Gasteiger partial charge >= 0.3 is 0 Å². The average Bonchev–Trinajstić information content (AvgIpc) is 3.28. The molecule has 0 amide bonds. The van der Waals surface area contributed by atoms with Crippen molar-refractivity contribution in [2.75, 3.05) is 36.5 Å². The molecule has 0 spiro atoms. The monoisotopic (exact) mass is 412 g/mol. The van der Waals surface area contributed by atoms with Gasteiger partial charge in [-0.3, -0.25) is 4.79 Å². The molecular formula is C25H24N4O2. The van der Waals surface area contributed by atoms with E-state index in [4.69, 9.17) is 4.74 Å². The summed E-state index contributed by atoms with van der Waals surface area (Å²) in [5.74, 6) is 0.939. The van der Waals surface area contributed by atoms with Crippen LogP contribution in [0.25, 0.3) is 10.9 Å². The number of carbonyl (C=O) groups is 1. The van der Waals surface area contributed by atoms with E-state index >= 15 is 0 Å². The lowest BCUT2D eigenvalue weighted by Gasteiger charge is -2.28. The molecule has 6 nitrogen and oxygen atoms in total. The number of carbonyl (C=O) groups excluding carboxylic acids is 1. The van der Waals surface area contributed by atoms with Crippen LogP contribution in [0.15, 0.2) is 79.1 Å². The molecule has 6 heteroatoms. The number of aromatic amines is 1. The zero-order valence-electron chi connectivity index (χ0n) is 17.1. The van der Waals surface area contributed by atoms with Crippen molar-refractivity contribution in [3.63, 3.8) is 0 Å². The zero-order valence-corrected chi connectivity index (χ0v) is 17.1. The van der Waals surface area contributed by atoms with E-state index in [1.165, 1.54) is 0 Å². The first-order valence-electron chi connectivity index (χ1n) is 10.5. The van der Waals surface area contributed by atoms with Gasteiger partial charge in [-0.15, -0.1) is 0 Å². The number of ketones is 1. The second-order valence-corrected chi connectivity index (χ2v) is 7.60. The van der Waals surface area contributed by atoms with E-state index in [1.54, 1.807) is 12.4 Å². The first-order valence-corrected chi connectivity index (χ1v) is 10.5.